The largest absolute Gasteiger partial charge is 0.464 e. The first-order valence-electron chi connectivity index (χ1n) is 5.36. The van der Waals surface area contributed by atoms with Crippen LogP contribution in [0, 0.1) is 20.2 Å². The maximum absolute atomic E-state index is 11.4. The fourth-order valence-electron chi connectivity index (χ4n) is 1.51. The lowest BCUT2D eigenvalue weighted by Gasteiger charge is -2.03. The van der Waals surface area contributed by atoms with Gasteiger partial charge in [-0.2, -0.15) is 0 Å². The van der Waals surface area contributed by atoms with Gasteiger partial charge in [0.05, 0.1) is 12.0 Å². The first kappa shape index (κ1) is 14.0. The van der Waals surface area contributed by atoms with Gasteiger partial charge in [-0.15, -0.1) is 0 Å². The van der Waals surface area contributed by atoms with Gasteiger partial charge in [-0.3, -0.25) is 14.7 Å². The summed E-state index contributed by atoms with van der Waals surface area (Å²) in [5.41, 5.74) is -0.607. The van der Waals surface area contributed by atoms with Gasteiger partial charge in [0, 0.05) is 6.07 Å². The second kappa shape index (κ2) is 5.32. The second-order valence-corrected chi connectivity index (χ2v) is 3.68. The lowest BCUT2D eigenvalue weighted by atomic mass is 10.3. The Morgan fingerprint density at radius 1 is 1.29 bits per heavy atom. The predicted octanol–water partition coefficient (Wildman–Crippen LogP) is 0.870. The van der Waals surface area contributed by atoms with E-state index in [0.717, 1.165) is 36.3 Å². The average molecular weight is 293 g/mol. The van der Waals surface area contributed by atoms with E-state index >= 15 is 0 Å². The fourth-order valence-corrected chi connectivity index (χ4v) is 1.51. The van der Waals surface area contributed by atoms with Gasteiger partial charge < -0.3 is 14.9 Å². The molecule has 21 heavy (non-hydrogen) atoms. The molecule has 11 heteroatoms. The molecule has 0 amide bonds. The van der Waals surface area contributed by atoms with Gasteiger partial charge in [-0.1, -0.05) is 0 Å². The van der Waals surface area contributed by atoms with Crippen LogP contribution in [0.2, 0.25) is 0 Å². The Morgan fingerprint density at radius 2 is 2.00 bits per heavy atom. The molecule has 108 valence electrons. The van der Waals surface area contributed by atoms with Crippen molar-refractivity contribution >= 4 is 17.5 Å². The minimum Gasteiger partial charge on any atom is -0.464 e. The number of imidazole rings is 1. The number of ether oxygens (including phenoxy) is 1. The van der Waals surface area contributed by atoms with Crippen LogP contribution >= 0.6 is 0 Å². The van der Waals surface area contributed by atoms with Crippen LogP contribution in [0.15, 0.2) is 24.7 Å². The van der Waals surface area contributed by atoms with Crippen molar-refractivity contribution < 1.29 is 19.4 Å². The Bertz CT molecular complexity index is 739. The van der Waals surface area contributed by atoms with E-state index in [0.29, 0.717) is 0 Å². The Labute approximate surface area is 116 Å². The van der Waals surface area contributed by atoms with Crippen molar-refractivity contribution in [3.63, 3.8) is 0 Å². The lowest BCUT2D eigenvalue weighted by Crippen LogP contribution is -2.09. The molecule has 2 aromatic heterocycles. The molecule has 0 saturated heterocycles. The Kier molecular flexibility index (Phi) is 3.56. The highest BCUT2D eigenvalue weighted by molar-refractivity contribution is 5.87. The highest BCUT2D eigenvalue weighted by atomic mass is 16.6. The summed E-state index contributed by atoms with van der Waals surface area (Å²) in [6.07, 6.45) is 1.95. The third-order valence-electron chi connectivity index (χ3n) is 2.45. The quantitative estimate of drug-likeness (QED) is 0.458. The third-order valence-corrected chi connectivity index (χ3v) is 2.45. The first-order valence-corrected chi connectivity index (χ1v) is 5.36. The zero-order valence-electron chi connectivity index (χ0n) is 10.5. The van der Waals surface area contributed by atoms with Crippen molar-refractivity contribution in [3.05, 3.63) is 50.6 Å². The summed E-state index contributed by atoms with van der Waals surface area (Å²) in [5.74, 6) is -1.57. The number of nitrogens with zero attached hydrogens (tertiary/aromatic N) is 5. The number of esters is 1. The summed E-state index contributed by atoms with van der Waals surface area (Å²) in [4.78, 5) is 38.7. The van der Waals surface area contributed by atoms with Gasteiger partial charge in [-0.05, 0) is 16.0 Å². The molecule has 0 atom stereocenters. The van der Waals surface area contributed by atoms with Crippen molar-refractivity contribution in [1.29, 1.82) is 0 Å². The zero-order valence-corrected chi connectivity index (χ0v) is 10.5. The molecule has 0 aromatic carbocycles. The number of methoxy groups -OCH3 is 1. The van der Waals surface area contributed by atoms with Crippen LogP contribution in [0.4, 0.5) is 11.5 Å². The van der Waals surface area contributed by atoms with Gasteiger partial charge in [0.15, 0.2) is 5.69 Å². The Balaban J connectivity index is 2.59. The van der Waals surface area contributed by atoms with Crippen LogP contribution in [-0.4, -0.2) is 37.5 Å². The number of carbonyl (C=O) groups excluding carboxylic acids is 1. The molecule has 11 nitrogen and oxygen atoms in total. The molecule has 0 aliphatic carbocycles. The zero-order chi connectivity index (χ0) is 15.6. The Morgan fingerprint density at radius 3 is 2.52 bits per heavy atom. The number of carbonyl (C=O) groups is 1. The molecule has 0 saturated carbocycles. The fraction of sp³-hybridized carbons (Fsp3) is 0.100. The monoisotopic (exact) mass is 293 g/mol. The standard InChI is InChI=1S/C10H7N5O6/c1-21-10(16)6-2-3-7(14(17)18)9(12-6)13-4-8(11-5-13)15(19)20/h2-5H,1H3. The van der Waals surface area contributed by atoms with E-state index in [2.05, 4.69) is 14.7 Å². The summed E-state index contributed by atoms with van der Waals surface area (Å²) in [5, 5.41) is 21.6. The normalized spacial score (nSPS) is 10.1. The summed E-state index contributed by atoms with van der Waals surface area (Å²) < 4.78 is 5.46. The molecule has 0 N–H and O–H groups in total. The number of hydrogen-bond acceptors (Lipinski definition) is 8. The molecule has 2 heterocycles. The molecular formula is C10H7N5O6. The van der Waals surface area contributed by atoms with Crippen LogP contribution in [0.1, 0.15) is 10.5 Å². The first-order chi connectivity index (χ1) is 9.93. The molecule has 2 rings (SSSR count). The van der Waals surface area contributed by atoms with Crippen LogP contribution < -0.4 is 0 Å². The minimum atomic E-state index is -0.791. The minimum absolute atomic E-state index is 0.172. The van der Waals surface area contributed by atoms with E-state index in [-0.39, 0.29) is 11.5 Å². The highest BCUT2D eigenvalue weighted by Gasteiger charge is 2.23. The van der Waals surface area contributed by atoms with Crippen molar-refractivity contribution in [2.24, 2.45) is 0 Å². The molecule has 0 aliphatic rings. The summed E-state index contributed by atoms with van der Waals surface area (Å²) in [7, 11) is 1.13. The van der Waals surface area contributed by atoms with Crippen LogP contribution in [0.25, 0.3) is 5.82 Å². The number of pyridine rings is 1. The predicted molar refractivity (Wildman–Crippen MR) is 66.0 cm³/mol. The summed E-state index contributed by atoms with van der Waals surface area (Å²) >= 11 is 0. The van der Waals surface area contributed by atoms with Crippen LogP contribution in [-0.2, 0) is 4.74 Å². The molecule has 0 radical (unpaired) electrons. The molecule has 0 spiro atoms. The number of nitro groups is 2. The topological polar surface area (TPSA) is 143 Å². The molecule has 0 aliphatic heterocycles. The van der Waals surface area contributed by atoms with Crippen molar-refractivity contribution in [1.82, 2.24) is 14.5 Å². The van der Waals surface area contributed by atoms with E-state index < -0.39 is 27.3 Å². The van der Waals surface area contributed by atoms with Gasteiger partial charge in [0.1, 0.15) is 6.20 Å². The van der Waals surface area contributed by atoms with Crippen molar-refractivity contribution in [3.8, 4) is 5.82 Å². The molecule has 0 unspecified atom stereocenters. The van der Waals surface area contributed by atoms with Crippen LogP contribution in [0.5, 0.6) is 0 Å². The maximum Gasteiger partial charge on any atom is 0.381 e. The molecule has 2 aromatic rings. The van der Waals surface area contributed by atoms with Crippen LogP contribution in [0.3, 0.4) is 0 Å². The number of rotatable bonds is 4. The SMILES string of the molecule is COC(=O)c1ccc([N+](=O)[O-])c(-n2cnc([N+](=O)[O-])c2)n1. The average Bonchev–Trinajstić information content (AvgIpc) is 2.95. The lowest BCUT2D eigenvalue weighted by molar-refractivity contribution is -0.389. The second-order valence-electron chi connectivity index (χ2n) is 3.68. The molecule has 0 bridgehead atoms. The number of hydrogen-bond donors (Lipinski definition) is 0. The summed E-state index contributed by atoms with van der Waals surface area (Å²) in [6.45, 7) is 0. The maximum atomic E-state index is 11.4. The van der Waals surface area contributed by atoms with Crippen molar-refractivity contribution in [2.75, 3.05) is 7.11 Å². The van der Waals surface area contributed by atoms with Gasteiger partial charge in [0.25, 0.3) is 0 Å². The van der Waals surface area contributed by atoms with Gasteiger partial charge in [0.2, 0.25) is 12.1 Å². The van der Waals surface area contributed by atoms with Gasteiger partial charge >= 0.3 is 17.5 Å². The highest BCUT2D eigenvalue weighted by Crippen LogP contribution is 2.22. The molecular weight excluding hydrogens is 286 g/mol. The molecule has 0 fully saturated rings. The summed E-state index contributed by atoms with van der Waals surface area (Å²) in [6, 6.07) is 2.18. The van der Waals surface area contributed by atoms with E-state index in [4.69, 9.17) is 0 Å². The van der Waals surface area contributed by atoms with E-state index in [9.17, 15) is 25.0 Å². The van der Waals surface area contributed by atoms with E-state index in [1.807, 2.05) is 0 Å². The van der Waals surface area contributed by atoms with Crippen molar-refractivity contribution in [2.45, 2.75) is 0 Å². The third kappa shape index (κ3) is 2.65. The smallest absolute Gasteiger partial charge is 0.381 e. The number of aromatic nitrogens is 3. The Hall–Kier alpha value is -3.37. The van der Waals surface area contributed by atoms with E-state index in [1.54, 1.807) is 0 Å². The van der Waals surface area contributed by atoms with E-state index in [1.165, 1.54) is 0 Å². The van der Waals surface area contributed by atoms with Gasteiger partial charge in [-0.25, -0.2) is 9.78 Å².